The van der Waals surface area contributed by atoms with Gasteiger partial charge in [0.25, 0.3) is 5.91 Å². The van der Waals surface area contributed by atoms with Gasteiger partial charge >= 0.3 is 0 Å². The highest BCUT2D eigenvalue weighted by Crippen LogP contribution is 2.41. The van der Waals surface area contributed by atoms with Crippen molar-refractivity contribution >= 4 is 17.7 Å². The van der Waals surface area contributed by atoms with Gasteiger partial charge in [-0.3, -0.25) is 19.7 Å². The van der Waals surface area contributed by atoms with E-state index in [2.05, 4.69) is 22.0 Å². The lowest BCUT2D eigenvalue weighted by molar-refractivity contribution is -0.136. The van der Waals surface area contributed by atoms with Crippen LogP contribution in [0.1, 0.15) is 72.9 Å². The van der Waals surface area contributed by atoms with Crippen LogP contribution in [-0.4, -0.2) is 47.8 Å². The van der Waals surface area contributed by atoms with Crippen LogP contribution in [0.4, 0.5) is 0 Å². The largest absolute Gasteiger partial charge is 0.322 e. The van der Waals surface area contributed by atoms with Crippen molar-refractivity contribution in [1.29, 1.82) is 0 Å². The summed E-state index contributed by atoms with van der Waals surface area (Å²) >= 11 is 0. The molecule has 3 aliphatic heterocycles. The van der Waals surface area contributed by atoms with Gasteiger partial charge in [-0.25, -0.2) is 0 Å². The molecule has 0 bridgehead atoms. The van der Waals surface area contributed by atoms with Gasteiger partial charge in [-0.15, -0.1) is 0 Å². The first-order valence-corrected chi connectivity index (χ1v) is 11.8. The highest BCUT2D eigenvalue weighted by atomic mass is 16.2. The third-order valence-corrected chi connectivity index (χ3v) is 7.81. The van der Waals surface area contributed by atoms with E-state index in [4.69, 9.17) is 0 Å². The van der Waals surface area contributed by atoms with E-state index in [0.29, 0.717) is 30.0 Å². The van der Waals surface area contributed by atoms with E-state index in [-0.39, 0.29) is 24.1 Å². The maximum Gasteiger partial charge on any atom is 0.255 e. The van der Waals surface area contributed by atoms with Crippen molar-refractivity contribution in [2.75, 3.05) is 13.1 Å². The summed E-state index contributed by atoms with van der Waals surface area (Å²) in [5, 5.41) is 9.80. The number of benzene rings is 1. The van der Waals surface area contributed by atoms with Crippen molar-refractivity contribution in [2.45, 2.75) is 76.5 Å². The molecule has 3 amide bonds. The SMILES string of the molecule is O=C1CCC(N2Cc3ccc(CNC4CCCCC45CCCNC5)cc3C2=O)C(=O)N1. The molecule has 3 N–H and O–H groups in total. The van der Waals surface area contributed by atoms with Crippen LogP contribution in [-0.2, 0) is 22.7 Å². The van der Waals surface area contributed by atoms with Crippen molar-refractivity contribution in [3.05, 3.63) is 34.9 Å². The van der Waals surface area contributed by atoms with Gasteiger partial charge in [-0.1, -0.05) is 25.0 Å². The van der Waals surface area contributed by atoms with Crippen molar-refractivity contribution < 1.29 is 14.4 Å². The summed E-state index contributed by atoms with van der Waals surface area (Å²) in [4.78, 5) is 38.4. The lowest BCUT2D eigenvalue weighted by Gasteiger charge is -2.47. The fourth-order valence-electron chi connectivity index (χ4n) is 6.08. The van der Waals surface area contributed by atoms with Gasteiger partial charge < -0.3 is 15.5 Å². The number of imide groups is 1. The number of carbonyl (C=O) groups is 3. The van der Waals surface area contributed by atoms with Gasteiger partial charge in [0.2, 0.25) is 11.8 Å². The Morgan fingerprint density at radius 3 is 2.77 bits per heavy atom. The predicted molar refractivity (Wildman–Crippen MR) is 116 cm³/mol. The lowest BCUT2D eigenvalue weighted by Crippen LogP contribution is -2.54. The average molecular weight is 425 g/mol. The van der Waals surface area contributed by atoms with Gasteiger partial charge in [0, 0.05) is 37.7 Å². The number of hydrogen-bond acceptors (Lipinski definition) is 5. The molecule has 4 aliphatic rings. The number of nitrogens with zero attached hydrogens (tertiary/aromatic N) is 1. The summed E-state index contributed by atoms with van der Waals surface area (Å²) in [6.07, 6.45) is 8.34. The van der Waals surface area contributed by atoms with Crippen LogP contribution < -0.4 is 16.0 Å². The smallest absolute Gasteiger partial charge is 0.255 e. The molecule has 5 rings (SSSR count). The summed E-state index contributed by atoms with van der Waals surface area (Å²) in [6.45, 7) is 3.43. The van der Waals surface area contributed by atoms with Crippen LogP contribution in [0.25, 0.3) is 0 Å². The molecule has 1 aromatic carbocycles. The zero-order valence-corrected chi connectivity index (χ0v) is 18.0. The molecule has 0 aromatic heterocycles. The molecule has 3 heterocycles. The molecule has 0 radical (unpaired) electrons. The molecule has 1 aliphatic carbocycles. The van der Waals surface area contributed by atoms with Gasteiger partial charge in [-0.05, 0) is 61.3 Å². The van der Waals surface area contributed by atoms with Gasteiger partial charge in [0.05, 0.1) is 0 Å². The minimum absolute atomic E-state index is 0.100. The summed E-state index contributed by atoms with van der Waals surface area (Å²) in [6, 6.07) is 6.07. The van der Waals surface area contributed by atoms with Crippen LogP contribution in [0.15, 0.2) is 18.2 Å². The first kappa shape index (κ1) is 20.6. The molecule has 2 saturated heterocycles. The van der Waals surface area contributed by atoms with Crippen LogP contribution in [0.2, 0.25) is 0 Å². The summed E-state index contributed by atoms with van der Waals surface area (Å²) in [5.41, 5.74) is 3.14. The minimum atomic E-state index is -0.555. The second-order valence-electron chi connectivity index (χ2n) is 9.71. The first-order valence-electron chi connectivity index (χ1n) is 11.8. The second-order valence-corrected chi connectivity index (χ2v) is 9.71. The molecule has 3 unspecified atom stereocenters. The van der Waals surface area contributed by atoms with E-state index in [1.165, 1.54) is 38.5 Å². The summed E-state index contributed by atoms with van der Waals surface area (Å²) < 4.78 is 0. The van der Waals surface area contributed by atoms with Crippen molar-refractivity contribution in [1.82, 2.24) is 20.9 Å². The number of carbonyl (C=O) groups excluding carboxylic acids is 3. The Morgan fingerprint density at radius 2 is 1.97 bits per heavy atom. The number of hydrogen-bond donors (Lipinski definition) is 3. The number of amides is 3. The molecule has 1 spiro atoms. The topological polar surface area (TPSA) is 90.5 Å². The van der Waals surface area contributed by atoms with Gasteiger partial charge in [0.1, 0.15) is 6.04 Å². The van der Waals surface area contributed by atoms with Crippen molar-refractivity contribution in [2.24, 2.45) is 5.41 Å². The van der Waals surface area contributed by atoms with E-state index >= 15 is 0 Å². The quantitative estimate of drug-likeness (QED) is 0.642. The molecule has 166 valence electrons. The number of fused-ring (bicyclic) bond motifs is 1. The van der Waals surface area contributed by atoms with E-state index in [0.717, 1.165) is 30.8 Å². The highest BCUT2D eigenvalue weighted by molar-refractivity contribution is 6.05. The third-order valence-electron chi connectivity index (χ3n) is 7.81. The Labute approximate surface area is 183 Å². The van der Waals surface area contributed by atoms with Crippen LogP contribution in [0, 0.1) is 5.41 Å². The Balaban J connectivity index is 1.26. The third kappa shape index (κ3) is 3.89. The van der Waals surface area contributed by atoms with Crippen LogP contribution >= 0.6 is 0 Å². The average Bonchev–Trinajstić information content (AvgIpc) is 3.10. The molecule has 31 heavy (non-hydrogen) atoms. The zero-order chi connectivity index (χ0) is 21.4. The summed E-state index contributed by atoms with van der Waals surface area (Å²) in [7, 11) is 0. The molecule has 3 fully saturated rings. The Hall–Kier alpha value is -2.25. The zero-order valence-electron chi connectivity index (χ0n) is 18.0. The van der Waals surface area contributed by atoms with Gasteiger partial charge in [-0.2, -0.15) is 0 Å². The number of piperidine rings is 2. The molecule has 1 aromatic rings. The Bertz CT molecular complexity index is 885. The Kier molecular flexibility index (Phi) is 5.56. The van der Waals surface area contributed by atoms with E-state index < -0.39 is 6.04 Å². The maximum absolute atomic E-state index is 13.1. The molecule has 7 nitrogen and oxygen atoms in total. The van der Waals surface area contributed by atoms with Gasteiger partial charge in [0.15, 0.2) is 0 Å². The fourth-order valence-corrected chi connectivity index (χ4v) is 6.08. The molecule has 1 saturated carbocycles. The van der Waals surface area contributed by atoms with E-state index in [1.807, 2.05) is 12.1 Å². The minimum Gasteiger partial charge on any atom is -0.322 e. The van der Waals surface area contributed by atoms with Crippen molar-refractivity contribution in [3.8, 4) is 0 Å². The fraction of sp³-hybridized carbons (Fsp3) is 0.625. The van der Waals surface area contributed by atoms with E-state index in [9.17, 15) is 14.4 Å². The monoisotopic (exact) mass is 424 g/mol. The number of rotatable bonds is 4. The van der Waals surface area contributed by atoms with E-state index in [1.54, 1.807) is 4.90 Å². The molecule has 3 atom stereocenters. The standard InChI is InChI=1S/C24H32N4O3/c29-21-8-7-19(22(30)27-21)28-14-17-6-5-16(12-18(17)23(28)31)13-26-20-4-1-2-9-24(20)10-3-11-25-15-24/h5-6,12,19-20,25-26H,1-4,7-11,13-15H2,(H,27,29,30). The molecule has 7 heteroatoms. The molecular formula is C24H32N4O3. The summed E-state index contributed by atoms with van der Waals surface area (Å²) in [5.74, 6) is -0.715. The second kappa shape index (κ2) is 8.36. The highest BCUT2D eigenvalue weighted by Gasteiger charge is 2.41. The predicted octanol–water partition coefficient (Wildman–Crippen LogP) is 1.85. The van der Waals surface area contributed by atoms with Crippen LogP contribution in [0.3, 0.4) is 0 Å². The Morgan fingerprint density at radius 1 is 1.10 bits per heavy atom. The maximum atomic E-state index is 13.1. The van der Waals surface area contributed by atoms with Crippen molar-refractivity contribution in [3.63, 3.8) is 0 Å². The lowest BCUT2D eigenvalue weighted by atomic mass is 9.66. The number of nitrogens with one attached hydrogen (secondary N) is 3. The first-order chi connectivity index (χ1) is 15.1. The van der Waals surface area contributed by atoms with Crippen LogP contribution in [0.5, 0.6) is 0 Å². The molecular weight excluding hydrogens is 392 g/mol. The normalized spacial score (nSPS) is 31.1.